The first-order valence-electron chi connectivity index (χ1n) is 5.91. The minimum Gasteiger partial charge on any atom is -0.345 e. The van der Waals surface area contributed by atoms with E-state index in [0.29, 0.717) is 12.3 Å². The van der Waals surface area contributed by atoms with Crippen LogP contribution in [0.25, 0.3) is 0 Å². The topological polar surface area (TPSA) is 56.2 Å². The summed E-state index contributed by atoms with van der Waals surface area (Å²) in [4.78, 5) is 14.6. The Morgan fingerprint density at radius 3 is 2.83 bits per heavy atom. The van der Waals surface area contributed by atoms with Gasteiger partial charge in [0.15, 0.2) is 5.96 Å². The maximum Gasteiger partial charge on any atom is 0.231 e. The molecule has 1 aliphatic carbocycles. The number of nitrogens with zero attached hydrogens (tertiary/aromatic N) is 1. The number of thiophene rings is 1. The van der Waals surface area contributed by atoms with E-state index in [2.05, 4.69) is 27.3 Å². The predicted octanol–water partition coefficient (Wildman–Crippen LogP) is 2.50. The van der Waals surface area contributed by atoms with E-state index in [9.17, 15) is 4.79 Å². The summed E-state index contributed by atoms with van der Waals surface area (Å²) in [5.41, 5.74) is -0.350. The maximum atomic E-state index is 12.1. The summed E-state index contributed by atoms with van der Waals surface area (Å²) in [5, 5.41) is 13.3. The molecule has 6 heteroatoms. The Morgan fingerprint density at radius 1 is 1.61 bits per heavy atom. The number of carbonyl (C=O) groups is 1. The molecule has 18 heavy (non-hydrogen) atoms. The summed E-state index contributed by atoms with van der Waals surface area (Å²) in [6.45, 7) is 0. The Hall–Kier alpha value is -0.880. The largest absolute Gasteiger partial charge is 0.345 e. The lowest BCUT2D eigenvalue weighted by Gasteiger charge is -2.41. The highest BCUT2D eigenvalue weighted by molar-refractivity contribution is 9.10. The fourth-order valence-electron chi connectivity index (χ4n) is 2.54. The van der Waals surface area contributed by atoms with E-state index in [4.69, 9.17) is 5.41 Å². The van der Waals surface area contributed by atoms with Gasteiger partial charge in [-0.05, 0) is 40.8 Å². The second-order valence-corrected chi connectivity index (χ2v) is 6.80. The van der Waals surface area contributed by atoms with Gasteiger partial charge in [-0.25, -0.2) is 0 Å². The number of nitrogens with one attached hydrogen (secondary N) is 2. The first-order valence-corrected chi connectivity index (χ1v) is 7.58. The van der Waals surface area contributed by atoms with E-state index in [0.717, 1.165) is 22.2 Å². The number of halogens is 1. The Labute approximate surface area is 118 Å². The molecular weight excluding hydrogens is 314 g/mol. The van der Waals surface area contributed by atoms with E-state index in [-0.39, 0.29) is 17.4 Å². The molecule has 2 N–H and O–H groups in total. The zero-order valence-corrected chi connectivity index (χ0v) is 12.4. The number of guanidine groups is 1. The minimum atomic E-state index is -0.350. The molecule has 2 aliphatic rings. The van der Waals surface area contributed by atoms with Crippen molar-refractivity contribution in [3.63, 3.8) is 0 Å². The molecule has 0 spiro atoms. The average Bonchev–Trinajstić information content (AvgIpc) is 3.09. The molecule has 1 atom stereocenters. The van der Waals surface area contributed by atoms with Gasteiger partial charge in [0.1, 0.15) is 0 Å². The normalized spacial score (nSPS) is 28.4. The molecule has 1 aromatic heterocycles. The number of hydrogen-bond acceptors (Lipinski definition) is 3. The lowest BCUT2D eigenvalue weighted by Crippen LogP contribution is -2.60. The van der Waals surface area contributed by atoms with E-state index < -0.39 is 0 Å². The fourth-order valence-corrected chi connectivity index (χ4v) is 4.20. The maximum absolute atomic E-state index is 12.1. The van der Waals surface area contributed by atoms with Gasteiger partial charge >= 0.3 is 0 Å². The van der Waals surface area contributed by atoms with E-state index in [1.165, 1.54) is 4.90 Å². The molecule has 1 amide bonds. The van der Waals surface area contributed by atoms with Crippen molar-refractivity contribution in [1.29, 1.82) is 5.41 Å². The number of rotatable bonds is 2. The summed E-state index contributed by atoms with van der Waals surface area (Å²) < 4.78 is 1.04. The molecule has 1 aliphatic heterocycles. The number of hydrogen-bond donors (Lipinski definition) is 2. The molecule has 1 aromatic rings. The molecule has 2 fully saturated rings. The monoisotopic (exact) mass is 327 g/mol. The summed E-state index contributed by atoms with van der Waals surface area (Å²) in [5.74, 6) is 0.707. The molecule has 1 saturated heterocycles. The molecule has 96 valence electrons. The molecule has 4 nitrogen and oxygen atoms in total. The Bertz CT molecular complexity index is 505. The smallest absolute Gasteiger partial charge is 0.231 e. The zero-order valence-electron chi connectivity index (χ0n) is 10.00. The number of carbonyl (C=O) groups excluding carboxylic acids is 1. The van der Waals surface area contributed by atoms with Gasteiger partial charge in [0, 0.05) is 21.8 Å². The van der Waals surface area contributed by atoms with Crippen LogP contribution in [0.5, 0.6) is 0 Å². The molecular formula is C12H14BrN3OS. The van der Waals surface area contributed by atoms with Crippen molar-refractivity contribution in [2.75, 3.05) is 7.05 Å². The van der Waals surface area contributed by atoms with Gasteiger partial charge < -0.3 is 5.32 Å². The summed E-state index contributed by atoms with van der Waals surface area (Å²) in [7, 11) is 1.65. The quantitative estimate of drug-likeness (QED) is 0.876. The van der Waals surface area contributed by atoms with Crippen LogP contribution < -0.4 is 5.32 Å². The van der Waals surface area contributed by atoms with E-state index in [1.54, 1.807) is 18.4 Å². The van der Waals surface area contributed by atoms with Crippen molar-refractivity contribution >= 4 is 39.1 Å². The third kappa shape index (κ3) is 1.78. The highest BCUT2D eigenvalue weighted by Crippen LogP contribution is 2.51. The van der Waals surface area contributed by atoms with Crippen molar-refractivity contribution in [3.05, 3.63) is 20.8 Å². The van der Waals surface area contributed by atoms with Crippen molar-refractivity contribution in [3.8, 4) is 0 Å². The van der Waals surface area contributed by atoms with Gasteiger partial charge in [-0.15, -0.1) is 11.3 Å². The predicted molar refractivity (Wildman–Crippen MR) is 74.7 cm³/mol. The molecule has 3 rings (SSSR count). The lowest BCUT2D eigenvalue weighted by atomic mass is 9.85. The molecule has 2 heterocycles. The fraction of sp³-hybridized carbons (Fsp3) is 0.500. The van der Waals surface area contributed by atoms with Crippen LogP contribution in [-0.4, -0.2) is 23.8 Å². The summed E-state index contributed by atoms with van der Waals surface area (Å²) >= 11 is 5.12. The highest BCUT2D eigenvalue weighted by atomic mass is 79.9. The second-order valence-electron chi connectivity index (χ2n) is 4.98. The standard InChI is InChI=1S/C12H14BrN3OS/c1-16-10(17)5-12(7-2-3-7,15-11(16)14)9-4-8(13)6-18-9/h4,6-7H,2-3,5H2,1H3,(H2,14,15)/t12-/m1/s1. The summed E-state index contributed by atoms with van der Waals surface area (Å²) in [6, 6.07) is 2.07. The lowest BCUT2D eigenvalue weighted by molar-refractivity contribution is -0.130. The van der Waals surface area contributed by atoms with Gasteiger partial charge in [0.2, 0.25) is 5.91 Å². The molecule has 0 radical (unpaired) electrons. The van der Waals surface area contributed by atoms with Crippen molar-refractivity contribution in [2.24, 2.45) is 5.92 Å². The van der Waals surface area contributed by atoms with Crippen LogP contribution in [-0.2, 0) is 10.3 Å². The molecule has 0 bridgehead atoms. The first-order chi connectivity index (χ1) is 8.53. The van der Waals surface area contributed by atoms with Gasteiger partial charge in [-0.3, -0.25) is 15.1 Å². The van der Waals surface area contributed by atoms with Gasteiger partial charge in [-0.2, -0.15) is 0 Å². The Balaban J connectivity index is 2.02. The van der Waals surface area contributed by atoms with Gasteiger partial charge in [0.05, 0.1) is 12.0 Å². The van der Waals surface area contributed by atoms with Crippen molar-refractivity contribution in [2.45, 2.75) is 24.8 Å². The van der Waals surface area contributed by atoms with Crippen molar-refractivity contribution < 1.29 is 4.79 Å². The third-order valence-corrected chi connectivity index (χ3v) is 5.63. The molecule has 0 unspecified atom stereocenters. The Morgan fingerprint density at radius 2 is 2.33 bits per heavy atom. The van der Waals surface area contributed by atoms with Crippen LogP contribution in [0.1, 0.15) is 24.1 Å². The van der Waals surface area contributed by atoms with Crippen LogP contribution >= 0.6 is 27.3 Å². The SMILES string of the molecule is CN1C(=N)N[C@@](c2cc(Br)cs2)(C2CC2)CC1=O. The van der Waals surface area contributed by atoms with Crippen LogP contribution in [0.15, 0.2) is 15.9 Å². The Kier molecular flexibility index (Phi) is 2.75. The minimum absolute atomic E-state index is 0.0233. The van der Waals surface area contributed by atoms with Crippen LogP contribution in [0.2, 0.25) is 0 Å². The highest BCUT2D eigenvalue weighted by Gasteiger charge is 2.52. The first kappa shape index (κ1) is 12.2. The van der Waals surface area contributed by atoms with Gasteiger partial charge in [0.25, 0.3) is 0 Å². The van der Waals surface area contributed by atoms with Crippen molar-refractivity contribution in [1.82, 2.24) is 10.2 Å². The average molecular weight is 328 g/mol. The van der Waals surface area contributed by atoms with Crippen LogP contribution in [0.3, 0.4) is 0 Å². The van der Waals surface area contributed by atoms with Gasteiger partial charge in [-0.1, -0.05) is 0 Å². The third-order valence-electron chi connectivity index (χ3n) is 3.76. The van der Waals surface area contributed by atoms with E-state index in [1.807, 2.05) is 5.38 Å². The molecule has 0 aromatic carbocycles. The second kappa shape index (κ2) is 4.06. The number of amides is 1. The van der Waals surface area contributed by atoms with Crippen LogP contribution in [0.4, 0.5) is 0 Å². The van der Waals surface area contributed by atoms with Crippen LogP contribution in [0, 0.1) is 11.3 Å². The summed E-state index contributed by atoms with van der Waals surface area (Å²) in [6.07, 6.45) is 2.71. The van der Waals surface area contributed by atoms with E-state index >= 15 is 0 Å². The molecule has 1 saturated carbocycles. The zero-order chi connectivity index (χ0) is 12.9.